The van der Waals surface area contributed by atoms with Crippen LogP contribution in [0.25, 0.3) is 0 Å². The van der Waals surface area contributed by atoms with Gasteiger partial charge in [-0.1, -0.05) is 71.5 Å². The average Bonchev–Trinajstić information content (AvgIpc) is 2.98. The summed E-state index contributed by atoms with van der Waals surface area (Å²) in [4.78, 5) is 0. The van der Waals surface area contributed by atoms with E-state index in [1.807, 2.05) is 54.6 Å². The maximum absolute atomic E-state index is 6.23. The van der Waals surface area contributed by atoms with Gasteiger partial charge >= 0.3 is 0 Å². The highest BCUT2D eigenvalue weighted by Gasteiger charge is 2.15. The summed E-state index contributed by atoms with van der Waals surface area (Å²) >= 11 is 7.70. The maximum atomic E-state index is 6.23. The van der Waals surface area contributed by atoms with E-state index in [4.69, 9.17) is 17.3 Å². The lowest BCUT2D eigenvalue weighted by Gasteiger charge is -2.07. The summed E-state index contributed by atoms with van der Waals surface area (Å²) in [6, 6.07) is 17.5. The van der Waals surface area contributed by atoms with Gasteiger partial charge in [0.1, 0.15) is 10.0 Å². The first kappa shape index (κ1) is 14.2. The number of aromatic nitrogens is 2. The van der Waals surface area contributed by atoms with E-state index in [1.54, 1.807) is 0 Å². The monoisotopic (exact) mass is 315 g/mol. The highest BCUT2D eigenvalue weighted by atomic mass is 35.5. The number of hydrogen-bond acceptors (Lipinski definition) is 4. The quantitative estimate of drug-likeness (QED) is 0.796. The number of halogens is 1. The topological polar surface area (TPSA) is 51.8 Å². The standard InChI is InChI=1S/C16H14ClN3S/c17-13-9-5-4-8-12(13)10-14-19-20-16(21-14)15(18)11-6-2-1-3-7-11/h1-9,15H,10,18H2. The molecule has 1 atom stereocenters. The summed E-state index contributed by atoms with van der Waals surface area (Å²) in [5, 5.41) is 10.9. The number of benzene rings is 2. The molecule has 3 nitrogen and oxygen atoms in total. The van der Waals surface area contributed by atoms with Gasteiger partial charge < -0.3 is 5.73 Å². The van der Waals surface area contributed by atoms with Crippen LogP contribution in [0.5, 0.6) is 0 Å². The maximum Gasteiger partial charge on any atom is 0.138 e. The van der Waals surface area contributed by atoms with Gasteiger partial charge in [-0.3, -0.25) is 0 Å². The van der Waals surface area contributed by atoms with Crippen molar-refractivity contribution in [2.75, 3.05) is 0 Å². The van der Waals surface area contributed by atoms with E-state index >= 15 is 0 Å². The molecule has 1 heterocycles. The van der Waals surface area contributed by atoms with Crippen LogP contribution in [-0.4, -0.2) is 10.2 Å². The second-order valence-electron chi connectivity index (χ2n) is 4.69. The SMILES string of the molecule is NC(c1ccccc1)c1nnc(Cc2ccccc2Cl)s1. The van der Waals surface area contributed by atoms with Gasteiger partial charge in [0.2, 0.25) is 0 Å². The summed E-state index contributed by atoms with van der Waals surface area (Å²) in [7, 11) is 0. The van der Waals surface area contributed by atoms with Crippen LogP contribution in [0, 0.1) is 0 Å². The van der Waals surface area contributed by atoms with Gasteiger partial charge in [0, 0.05) is 11.4 Å². The molecule has 2 N–H and O–H groups in total. The smallest absolute Gasteiger partial charge is 0.138 e. The van der Waals surface area contributed by atoms with Crippen LogP contribution >= 0.6 is 22.9 Å². The van der Waals surface area contributed by atoms with Crippen LogP contribution in [0.15, 0.2) is 54.6 Å². The van der Waals surface area contributed by atoms with Crippen LogP contribution in [0.3, 0.4) is 0 Å². The van der Waals surface area contributed by atoms with Crippen LogP contribution in [0.2, 0.25) is 5.02 Å². The second-order valence-corrected chi connectivity index (χ2v) is 6.19. The number of hydrogen-bond donors (Lipinski definition) is 1. The Morgan fingerprint density at radius 1 is 1.00 bits per heavy atom. The molecule has 0 spiro atoms. The van der Waals surface area contributed by atoms with Gasteiger partial charge in [0.15, 0.2) is 0 Å². The van der Waals surface area contributed by atoms with Gasteiger partial charge in [-0.15, -0.1) is 10.2 Å². The van der Waals surface area contributed by atoms with Gasteiger partial charge in [0.05, 0.1) is 6.04 Å². The number of rotatable bonds is 4. The van der Waals surface area contributed by atoms with Crippen molar-refractivity contribution in [1.29, 1.82) is 0 Å². The average molecular weight is 316 g/mol. The zero-order valence-electron chi connectivity index (χ0n) is 11.2. The number of nitrogens with zero attached hydrogens (tertiary/aromatic N) is 2. The Hall–Kier alpha value is -1.75. The Labute approximate surface area is 132 Å². The molecule has 0 aliphatic rings. The molecule has 0 bridgehead atoms. The molecule has 0 aliphatic carbocycles. The van der Waals surface area contributed by atoms with E-state index in [9.17, 15) is 0 Å². The minimum absolute atomic E-state index is 0.233. The minimum Gasteiger partial charge on any atom is -0.318 e. The minimum atomic E-state index is -0.233. The zero-order valence-corrected chi connectivity index (χ0v) is 12.8. The van der Waals surface area contributed by atoms with Gasteiger partial charge in [-0.25, -0.2) is 0 Å². The van der Waals surface area contributed by atoms with Crippen molar-refractivity contribution in [2.24, 2.45) is 5.73 Å². The fourth-order valence-electron chi connectivity index (χ4n) is 2.07. The third-order valence-electron chi connectivity index (χ3n) is 3.21. The molecule has 0 aliphatic heterocycles. The Balaban J connectivity index is 1.79. The van der Waals surface area contributed by atoms with Crippen molar-refractivity contribution in [3.05, 3.63) is 80.8 Å². The van der Waals surface area contributed by atoms with Gasteiger partial charge in [-0.2, -0.15) is 0 Å². The van der Waals surface area contributed by atoms with E-state index in [2.05, 4.69) is 10.2 Å². The van der Waals surface area contributed by atoms with Crippen molar-refractivity contribution in [2.45, 2.75) is 12.5 Å². The fourth-order valence-corrected chi connectivity index (χ4v) is 3.17. The first-order valence-electron chi connectivity index (χ1n) is 6.60. The van der Waals surface area contributed by atoms with Crippen molar-refractivity contribution < 1.29 is 0 Å². The lowest BCUT2D eigenvalue weighted by atomic mass is 10.1. The van der Waals surface area contributed by atoms with Crippen LogP contribution in [0.1, 0.15) is 27.2 Å². The molecular weight excluding hydrogens is 302 g/mol. The van der Waals surface area contributed by atoms with E-state index in [0.29, 0.717) is 6.42 Å². The molecule has 106 valence electrons. The summed E-state index contributed by atoms with van der Waals surface area (Å²) in [6.07, 6.45) is 0.679. The normalized spacial score (nSPS) is 12.3. The van der Waals surface area contributed by atoms with Crippen molar-refractivity contribution in [1.82, 2.24) is 10.2 Å². The molecular formula is C16H14ClN3S. The predicted octanol–water partition coefficient (Wildman–Crippen LogP) is 3.83. The van der Waals surface area contributed by atoms with Crippen molar-refractivity contribution in [3.8, 4) is 0 Å². The Bertz CT molecular complexity index is 727. The summed E-state index contributed by atoms with van der Waals surface area (Å²) in [5.41, 5.74) is 8.33. The molecule has 0 amide bonds. The zero-order chi connectivity index (χ0) is 14.7. The molecule has 0 fully saturated rings. The van der Waals surface area contributed by atoms with E-state index in [-0.39, 0.29) is 6.04 Å². The highest BCUT2D eigenvalue weighted by Crippen LogP contribution is 2.25. The lowest BCUT2D eigenvalue weighted by Crippen LogP contribution is -2.11. The molecule has 2 aromatic carbocycles. The molecule has 1 unspecified atom stereocenters. The predicted molar refractivity (Wildman–Crippen MR) is 86.6 cm³/mol. The highest BCUT2D eigenvalue weighted by molar-refractivity contribution is 7.11. The third-order valence-corrected chi connectivity index (χ3v) is 4.58. The van der Waals surface area contributed by atoms with E-state index in [1.165, 1.54) is 11.3 Å². The molecule has 5 heteroatoms. The second kappa shape index (κ2) is 6.35. The molecule has 0 saturated heterocycles. The Morgan fingerprint density at radius 2 is 1.71 bits per heavy atom. The number of nitrogens with two attached hydrogens (primary N) is 1. The molecule has 1 aromatic heterocycles. The Kier molecular flexibility index (Phi) is 4.29. The van der Waals surface area contributed by atoms with Crippen LogP contribution in [-0.2, 0) is 6.42 Å². The molecule has 3 rings (SSSR count). The van der Waals surface area contributed by atoms with Gasteiger partial charge in [0.25, 0.3) is 0 Å². The molecule has 21 heavy (non-hydrogen) atoms. The largest absolute Gasteiger partial charge is 0.318 e. The third kappa shape index (κ3) is 3.29. The summed E-state index contributed by atoms with van der Waals surface area (Å²) < 4.78 is 0. The Morgan fingerprint density at radius 3 is 2.48 bits per heavy atom. The van der Waals surface area contributed by atoms with E-state index < -0.39 is 0 Å². The first-order valence-corrected chi connectivity index (χ1v) is 7.79. The molecule has 0 radical (unpaired) electrons. The van der Waals surface area contributed by atoms with E-state index in [0.717, 1.165) is 26.2 Å². The van der Waals surface area contributed by atoms with Gasteiger partial charge in [-0.05, 0) is 17.2 Å². The summed E-state index contributed by atoms with van der Waals surface area (Å²) in [5.74, 6) is 0. The fraction of sp³-hybridized carbons (Fsp3) is 0.125. The van der Waals surface area contributed by atoms with Crippen molar-refractivity contribution >= 4 is 22.9 Å². The molecule has 0 saturated carbocycles. The first-order chi connectivity index (χ1) is 10.2. The molecule has 3 aromatic rings. The summed E-state index contributed by atoms with van der Waals surface area (Å²) in [6.45, 7) is 0. The lowest BCUT2D eigenvalue weighted by molar-refractivity contribution is 0.824. The van der Waals surface area contributed by atoms with Crippen molar-refractivity contribution in [3.63, 3.8) is 0 Å². The van der Waals surface area contributed by atoms with Crippen LogP contribution in [0.4, 0.5) is 0 Å². The van der Waals surface area contributed by atoms with Crippen LogP contribution < -0.4 is 5.73 Å².